The van der Waals surface area contributed by atoms with Crippen molar-refractivity contribution in [3.63, 3.8) is 0 Å². The third kappa shape index (κ3) is 3.67. The van der Waals surface area contributed by atoms with Gasteiger partial charge in [-0.25, -0.2) is 0 Å². The molecule has 21 heavy (non-hydrogen) atoms. The van der Waals surface area contributed by atoms with Gasteiger partial charge in [-0.15, -0.1) is 0 Å². The van der Waals surface area contributed by atoms with Crippen molar-refractivity contribution in [2.45, 2.75) is 19.8 Å². The molecule has 0 aliphatic carbocycles. The minimum Gasteiger partial charge on any atom is -0.497 e. The summed E-state index contributed by atoms with van der Waals surface area (Å²) in [5.41, 5.74) is -0.569. The molecule has 1 saturated heterocycles. The van der Waals surface area contributed by atoms with E-state index in [-0.39, 0.29) is 0 Å². The lowest BCUT2D eigenvalue weighted by atomic mass is 9.84. The number of hydrogen-bond donors (Lipinski definition) is 1. The van der Waals surface area contributed by atoms with Gasteiger partial charge in [-0.2, -0.15) is 0 Å². The van der Waals surface area contributed by atoms with Crippen LogP contribution >= 0.6 is 0 Å². The Bertz CT molecular complexity index is 474. The Morgan fingerprint density at radius 3 is 2.52 bits per heavy atom. The molecule has 1 unspecified atom stereocenters. The minimum absolute atomic E-state index is 0.561. The van der Waals surface area contributed by atoms with Crippen LogP contribution in [0, 0.1) is 5.41 Å². The predicted octanol–water partition coefficient (Wildman–Crippen LogP) is 2.26. The third-order valence-corrected chi connectivity index (χ3v) is 4.30. The summed E-state index contributed by atoms with van der Waals surface area (Å²) in [6.07, 6.45) is 1.40. The first kappa shape index (κ1) is 15.6. The topological polar surface area (TPSA) is 59.0 Å². The fourth-order valence-corrected chi connectivity index (χ4v) is 2.73. The van der Waals surface area contributed by atoms with E-state index in [1.54, 1.807) is 7.11 Å². The molecule has 0 aromatic heterocycles. The lowest BCUT2D eigenvalue weighted by Crippen LogP contribution is -2.35. The Morgan fingerprint density at radius 1 is 1.33 bits per heavy atom. The van der Waals surface area contributed by atoms with Crippen molar-refractivity contribution < 1.29 is 19.4 Å². The van der Waals surface area contributed by atoms with Gasteiger partial charge in [-0.3, -0.25) is 9.69 Å². The smallest absolute Gasteiger partial charge is 0.310 e. The van der Waals surface area contributed by atoms with Crippen molar-refractivity contribution in [1.29, 1.82) is 0 Å². The molecule has 0 saturated carbocycles. The highest BCUT2D eigenvalue weighted by atomic mass is 16.5. The number of ether oxygens (including phenoxy) is 2. The fourth-order valence-electron chi connectivity index (χ4n) is 2.73. The number of carboxylic acids is 1. The number of methoxy groups -OCH3 is 1. The van der Waals surface area contributed by atoms with Crippen LogP contribution < -0.4 is 9.47 Å². The molecule has 116 valence electrons. The van der Waals surface area contributed by atoms with Crippen LogP contribution in [0.4, 0.5) is 0 Å². The molecule has 0 spiro atoms. The molecule has 1 aromatic rings. The van der Waals surface area contributed by atoms with Gasteiger partial charge in [0.25, 0.3) is 0 Å². The molecular formula is C16H23NO4. The van der Waals surface area contributed by atoms with Crippen LogP contribution in [0.3, 0.4) is 0 Å². The molecular weight excluding hydrogens is 270 g/mol. The van der Waals surface area contributed by atoms with E-state index in [4.69, 9.17) is 9.47 Å². The Labute approximate surface area is 125 Å². The van der Waals surface area contributed by atoms with E-state index in [1.165, 1.54) is 0 Å². The number of benzene rings is 1. The molecule has 0 amide bonds. The standard InChI is InChI=1S/C16H23NO4/c1-3-16(15(18)19)8-9-17(12-16)10-11-21-14-6-4-13(20-2)5-7-14/h4-7H,3,8-12H2,1-2H3,(H,18,19). The van der Waals surface area contributed by atoms with Gasteiger partial charge >= 0.3 is 5.97 Å². The van der Waals surface area contributed by atoms with E-state index >= 15 is 0 Å². The van der Waals surface area contributed by atoms with Crippen molar-refractivity contribution in [1.82, 2.24) is 4.90 Å². The number of rotatable bonds is 7. The third-order valence-electron chi connectivity index (χ3n) is 4.30. The Morgan fingerprint density at radius 2 is 2.00 bits per heavy atom. The quantitative estimate of drug-likeness (QED) is 0.835. The summed E-state index contributed by atoms with van der Waals surface area (Å²) in [5, 5.41) is 9.36. The number of carboxylic acid groups (broad SMARTS) is 1. The monoisotopic (exact) mass is 293 g/mol. The maximum Gasteiger partial charge on any atom is 0.310 e. The molecule has 1 N–H and O–H groups in total. The van der Waals surface area contributed by atoms with Gasteiger partial charge in [0, 0.05) is 13.1 Å². The maximum absolute atomic E-state index is 11.4. The summed E-state index contributed by atoms with van der Waals surface area (Å²) in [6, 6.07) is 7.46. The molecule has 1 heterocycles. The second-order valence-corrected chi connectivity index (χ2v) is 5.49. The normalized spacial score (nSPS) is 22.2. The second kappa shape index (κ2) is 6.80. The van der Waals surface area contributed by atoms with Crippen LogP contribution in [0.2, 0.25) is 0 Å². The average Bonchev–Trinajstić information content (AvgIpc) is 2.93. The zero-order valence-corrected chi connectivity index (χ0v) is 12.7. The molecule has 1 aliphatic heterocycles. The Balaban J connectivity index is 1.78. The van der Waals surface area contributed by atoms with Crippen molar-refractivity contribution in [2.24, 2.45) is 5.41 Å². The first-order chi connectivity index (χ1) is 10.1. The maximum atomic E-state index is 11.4. The number of aliphatic carboxylic acids is 1. The molecule has 5 nitrogen and oxygen atoms in total. The van der Waals surface area contributed by atoms with E-state index < -0.39 is 11.4 Å². The van der Waals surface area contributed by atoms with Gasteiger partial charge < -0.3 is 14.6 Å². The number of likely N-dealkylation sites (tertiary alicyclic amines) is 1. The minimum atomic E-state index is -0.677. The van der Waals surface area contributed by atoms with E-state index in [9.17, 15) is 9.90 Å². The average molecular weight is 293 g/mol. The Kier molecular flexibility index (Phi) is 5.07. The Hall–Kier alpha value is -1.75. The molecule has 0 radical (unpaired) electrons. The van der Waals surface area contributed by atoms with Crippen LogP contribution in [0.1, 0.15) is 19.8 Å². The molecule has 1 aromatic carbocycles. The summed E-state index contributed by atoms with van der Waals surface area (Å²) < 4.78 is 10.8. The lowest BCUT2D eigenvalue weighted by Gasteiger charge is -2.23. The van der Waals surface area contributed by atoms with Crippen molar-refractivity contribution in [3.05, 3.63) is 24.3 Å². The van der Waals surface area contributed by atoms with Crippen LogP contribution in [0.5, 0.6) is 11.5 Å². The molecule has 1 aliphatic rings. The number of hydrogen-bond acceptors (Lipinski definition) is 4. The zero-order chi connectivity index (χ0) is 15.3. The predicted molar refractivity (Wildman–Crippen MR) is 79.9 cm³/mol. The number of nitrogens with zero attached hydrogens (tertiary/aromatic N) is 1. The summed E-state index contributed by atoms with van der Waals surface area (Å²) in [6.45, 7) is 4.70. The first-order valence-corrected chi connectivity index (χ1v) is 7.32. The second-order valence-electron chi connectivity index (χ2n) is 5.49. The SMILES string of the molecule is CCC1(C(=O)O)CCN(CCOc2ccc(OC)cc2)C1. The van der Waals surface area contributed by atoms with Crippen LogP contribution in [0.25, 0.3) is 0 Å². The van der Waals surface area contributed by atoms with Crippen molar-refractivity contribution in [3.8, 4) is 11.5 Å². The van der Waals surface area contributed by atoms with Gasteiger partial charge in [0.15, 0.2) is 0 Å². The molecule has 2 rings (SSSR count). The fraction of sp³-hybridized carbons (Fsp3) is 0.562. The first-order valence-electron chi connectivity index (χ1n) is 7.32. The molecule has 0 bridgehead atoms. The highest BCUT2D eigenvalue weighted by molar-refractivity contribution is 5.75. The molecule has 5 heteroatoms. The van der Waals surface area contributed by atoms with Gasteiger partial charge in [-0.05, 0) is 43.7 Å². The van der Waals surface area contributed by atoms with E-state index in [1.807, 2.05) is 31.2 Å². The number of carbonyl (C=O) groups is 1. The molecule has 1 atom stereocenters. The van der Waals surface area contributed by atoms with E-state index in [2.05, 4.69) is 4.90 Å². The van der Waals surface area contributed by atoms with Crippen molar-refractivity contribution >= 4 is 5.97 Å². The zero-order valence-electron chi connectivity index (χ0n) is 12.7. The van der Waals surface area contributed by atoms with Gasteiger partial charge in [-0.1, -0.05) is 6.92 Å². The summed E-state index contributed by atoms with van der Waals surface area (Å²) in [7, 11) is 1.63. The van der Waals surface area contributed by atoms with Crippen LogP contribution in [0.15, 0.2) is 24.3 Å². The summed E-state index contributed by atoms with van der Waals surface area (Å²) in [5.74, 6) is 0.926. The summed E-state index contributed by atoms with van der Waals surface area (Å²) >= 11 is 0. The van der Waals surface area contributed by atoms with E-state index in [0.29, 0.717) is 19.6 Å². The van der Waals surface area contributed by atoms with Crippen LogP contribution in [-0.2, 0) is 4.79 Å². The lowest BCUT2D eigenvalue weighted by molar-refractivity contribution is -0.148. The summed E-state index contributed by atoms with van der Waals surface area (Å²) in [4.78, 5) is 13.6. The highest BCUT2D eigenvalue weighted by Gasteiger charge is 2.42. The van der Waals surface area contributed by atoms with Crippen LogP contribution in [-0.4, -0.2) is 49.3 Å². The highest BCUT2D eigenvalue weighted by Crippen LogP contribution is 2.33. The van der Waals surface area contributed by atoms with Gasteiger partial charge in [0.1, 0.15) is 18.1 Å². The molecule has 1 fully saturated rings. The van der Waals surface area contributed by atoms with Gasteiger partial charge in [0.2, 0.25) is 0 Å². The largest absolute Gasteiger partial charge is 0.497 e. The van der Waals surface area contributed by atoms with Crippen molar-refractivity contribution in [2.75, 3.05) is 33.4 Å². The van der Waals surface area contributed by atoms with E-state index in [0.717, 1.165) is 31.0 Å². The van der Waals surface area contributed by atoms with Gasteiger partial charge in [0.05, 0.1) is 12.5 Å².